The molecule has 1 aliphatic rings. The van der Waals surface area contributed by atoms with Crippen LogP contribution in [-0.4, -0.2) is 31.4 Å². The molecule has 1 N–H and O–H groups in total. The van der Waals surface area contributed by atoms with Gasteiger partial charge in [-0.25, -0.2) is 0 Å². The van der Waals surface area contributed by atoms with E-state index in [2.05, 4.69) is 54.6 Å². The Morgan fingerprint density at radius 1 is 1.07 bits per heavy atom. The fourth-order valence-corrected chi connectivity index (χ4v) is 4.75. The number of nitrogens with one attached hydrogen (secondary N) is 1. The van der Waals surface area contributed by atoms with E-state index < -0.39 is 0 Å². The third-order valence-corrected chi connectivity index (χ3v) is 6.20. The second-order valence-corrected chi connectivity index (χ2v) is 8.59. The topological polar surface area (TPSA) is 32.3 Å². The molecule has 1 aliphatic carbocycles. The van der Waals surface area contributed by atoms with E-state index in [4.69, 9.17) is 11.6 Å². The molecular weight excluding hydrogens is 368 g/mol. The summed E-state index contributed by atoms with van der Waals surface area (Å²) < 4.78 is 0. The van der Waals surface area contributed by atoms with Gasteiger partial charge in [0.1, 0.15) is 0 Å². The van der Waals surface area contributed by atoms with Crippen molar-refractivity contribution in [2.24, 2.45) is 11.8 Å². The molecule has 0 aromatic heterocycles. The van der Waals surface area contributed by atoms with Crippen LogP contribution in [0.1, 0.15) is 54.1 Å². The maximum Gasteiger partial charge on any atom is 0.251 e. The summed E-state index contributed by atoms with van der Waals surface area (Å²) in [7, 11) is 4.38. The molecule has 0 bridgehead atoms. The molecule has 2 aromatic carbocycles. The van der Waals surface area contributed by atoms with E-state index in [0.29, 0.717) is 28.5 Å². The third-order valence-electron chi connectivity index (χ3n) is 5.96. The summed E-state index contributed by atoms with van der Waals surface area (Å²) >= 11 is 5.97. The van der Waals surface area contributed by atoms with Crippen molar-refractivity contribution in [2.75, 3.05) is 20.6 Å². The van der Waals surface area contributed by atoms with Crippen molar-refractivity contribution in [3.8, 4) is 0 Å². The highest BCUT2D eigenvalue weighted by molar-refractivity contribution is 6.30. The average molecular weight is 399 g/mol. The number of carbonyl (C=O) groups excluding carboxylic acids is 1. The number of carbonyl (C=O) groups is 1. The number of nitrogens with zero attached hydrogens (tertiary/aromatic N) is 1. The molecular formula is C24H31ClN2O. The van der Waals surface area contributed by atoms with Gasteiger partial charge in [0.25, 0.3) is 5.91 Å². The Morgan fingerprint density at radius 2 is 1.79 bits per heavy atom. The third kappa shape index (κ3) is 5.59. The number of amides is 1. The van der Waals surface area contributed by atoms with Gasteiger partial charge < -0.3 is 10.2 Å². The highest BCUT2D eigenvalue weighted by Gasteiger charge is 2.29. The van der Waals surface area contributed by atoms with Crippen molar-refractivity contribution < 1.29 is 4.79 Å². The minimum atomic E-state index is -0.0343. The van der Waals surface area contributed by atoms with Crippen LogP contribution >= 0.6 is 11.6 Å². The van der Waals surface area contributed by atoms with E-state index in [9.17, 15) is 4.79 Å². The molecule has 150 valence electrons. The maximum atomic E-state index is 12.2. The Labute approximate surface area is 174 Å². The van der Waals surface area contributed by atoms with E-state index in [-0.39, 0.29) is 5.91 Å². The summed E-state index contributed by atoms with van der Waals surface area (Å²) in [5.41, 5.74) is 2.05. The van der Waals surface area contributed by atoms with Gasteiger partial charge in [-0.3, -0.25) is 4.79 Å². The molecule has 1 amide bonds. The zero-order valence-electron chi connectivity index (χ0n) is 16.9. The Hall–Kier alpha value is -1.84. The Kier molecular flexibility index (Phi) is 7.52. The van der Waals surface area contributed by atoms with Gasteiger partial charge in [0.05, 0.1) is 0 Å². The van der Waals surface area contributed by atoms with Crippen LogP contribution in [0.2, 0.25) is 5.02 Å². The van der Waals surface area contributed by atoms with Crippen LogP contribution in [0.4, 0.5) is 0 Å². The first-order chi connectivity index (χ1) is 13.5. The maximum absolute atomic E-state index is 12.2. The summed E-state index contributed by atoms with van der Waals surface area (Å²) in [6, 6.07) is 18.5. The molecule has 1 fully saturated rings. The lowest BCUT2D eigenvalue weighted by atomic mass is 9.75. The molecule has 0 heterocycles. The number of halogens is 1. The van der Waals surface area contributed by atoms with Crippen LogP contribution < -0.4 is 5.32 Å². The van der Waals surface area contributed by atoms with Crippen molar-refractivity contribution in [1.82, 2.24) is 10.2 Å². The van der Waals surface area contributed by atoms with Gasteiger partial charge in [0.15, 0.2) is 0 Å². The van der Waals surface area contributed by atoms with Crippen LogP contribution in [0.15, 0.2) is 54.6 Å². The summed E-state index contributed by atoms with van der Waals surface area (Å²) in [5, 5.41) is 3.64. The van der Waals surface area contributed by atoms with E-state index in [1.165, 1.54) is 31.2 Å². The molecule has 3 nitrogen and oxygen atoms in total. The number of benzene rings is 2. The summed E-state index contributed by atoms with van der Waals surface area (Å²) in [5.74, 6) is 1.37. The van der Waals surface area contributed by atoms with Gasteiger partial charge in [-0.1, -0.05) is 60.8 Å². The monoisotopic (exact) mass is 398 g/mol. The van der Waals surface area contributed by atoms with E-state index in [1.807, 2.05) is 6.07 Å². The molecule has 28 heavy (non-hydrogen) atoms. The second-order valence-electron chi connectivity index (χ2n) is 8.15. The molecule has 1 saturated carbocycles. The minimum Gasteiger partial charge on any atom is -0.352 e. The lowest BCUT2D eigenvalue weighted by Crippen LogP contribution is -2.31. The fourth-order valence-electron chi connectivity index (χ4n) is 4.56. The minimum absolute atomic E-state index is 0.0343. The molecule has 0 radical (unpaired) electrons. The first-order valence-electron chi connectivity index (χ1n) is 10.3. The van der Waals surface area contributed by atoms with Crippen molar-refractivity contribution >= 4 is 17.5 Å². The lowest BCUT2D eigenvalue weighted by molar-refractivity contribution is 0.0947. The molecule has 0 spiro atoms. The quantitative estimate of drug-likeness (QED) is 0.661. The van der Waals surface area contributed by atoms with E-state index in [0.717, 1.165) is 13.0 Å². The number of hydrogen-bond donors (Lipinski definition) is 1. The highest BCUT2D eigenvalue weighted by atomic mass is 35.5. The summed E-state index contributed by atoms with van der Waals surface area (Å²) in [6.07, 6.45) is 6.05. The smallest absolute Gasteiger partial charge is 0.251 e. The molecule has 0 saturated heterocycles. The SMILES string of the molecule is CN(C)C(c1ccccc1)C1CCC(CCNC(=O)c2cccc(Cl)c2)CC1. The Balaban J connectivity index is 1.45. The Morgan fingerprint density at radius 3 is 2.43 bits per heavy atom. The number of rotatable bonds is 7. The first kappa shape index (κ1) is 20.9. The van der Waals surface area contributed by atoms with Gasteiger partial charge in [0, 0.05) is 23.2 Å². The van der Waals surface area contributed by atoms with Crippen molar-refractivity contribution in [2.45, 2.75) is 38.1 Å². The lowest BCUT2D eigenvalue weighted by Gasteiger charge is -2.37. The standard InChI is InChI=1S/C24H31ClN2O/c1-27(2)23(19-7-4-3-5-8-19)20-13-11-18(12-14-20)15-16-26-24(28)21-9-6-10-22(25)17-21/h3-10,17-18,20,23H,11-16H2,1-2H3,(H,26,28). The van der Waals surface area contributed by atoms with Gasteiger partial charge in [-0.05, 0) is 69.0 Å². The van der Waals surface area contributed by atoms with Gasteiger partial charge >= 0.3 is 0 Å². The van der Waals surface area contributed by atoms with Crippen LogP contribution in [-0.2, 0) is 0 Å². The van der Waals surface area contributed by atoms with E-state index in [1.54, 1.807) is 18.2 Å². The largest absolute Gasteiger partial charge is 0.352 e. The predicted octanol–water partition coefficient (Wildman–Crippen LogP) is 5.57. The summed E-state index contributed by atoms with van der Waals surface area (Å²) in [6.45, 7) is 0.733. The van der Waals surface area contributed by atoms with E-state index >= 15 is 0 Å². The van der Waals surface area contributed by atoms with Crippen LogP contribution in [0.3, 0.4) is 0 Å². The molecule has 4 heteroatoms. The predicted molar refractivity (Wildman–Crippen MR) is 117 cm³/mol. The van der Waals surface area contributed by atoms with Crippen LogP contribution in [0.25, 0.3) is 0 Å². The fraction of sp³-hybridized carbons (Fsp3) is 0.458. The van der Waals surface area contributed by atoms with Gasteiger partial charge in [-0.15, -0.1) is 0 Å². The van der Waals surface area contributed by atoms with Gasteiger partial charge in [0.2, 0.25) is 0 Å². The zero-order chi connectivity index (χ0) is 19.9. The average Bonchev–Trinajstić information content (AvgIpc) is 2.70. The normalized spacial score (nSPS) is 20.7. The molecule has 1 unspecified atom stereocenters. The molecule has 0 aliphatic heterocycles. The number of hydrogen-bond acceptors (Lipinski definition) is 2. The first-order valence-corrected chi connectivity index (χ1v) is 10.7. The van der Waals surface area contributed by atoms with Crippen molar-refractivity contribution in [3.05, 3.63) is 70.7 Å². The molecule has 3 rings (SSSR count). The Bertz CT molecular complexity index is 754. The molecule has 1 atom stereocenters. The summed E-state index contributed by atoms with van der Waals surface area (Å²) in [4.78, 5) is 14.6. The highest BCUT2D eigenvalue weighted by Crippen LogP contribution is 2.40. The second kappa shape index (κ2) is 10.1. The zero-order valence-corrected chi connectivity index (χ0v) is 17.7. The van der Waals surface area contributed by atoms with Gasteiger partial charge in [-0.2, -0.15) is 0 Å². The molecule has 2 aromatic rings. The van der Waals surface area contributed by atoms with Crippen molar-refractivity contribution in [1.29, 1.82) is 0 Å². The van der Waals surface area contributed by atoms with Crippen LogP contribution in [0.5, 0.6) is 0 Å². The van der Waals surface area contributed by atoms with Crippen molar-refractivity contribution in [3.63, 3.8) is 0 Å². The van der Waals surface area contributed by atoms with Crippen LogP contribution in [0, 0.1) is 11.8 Å².